The number of hydrogen-bond donors (Lipinski definition) is 4. The van der Waals surface area contributed by atoms with E-state index >= 15 is 0 Å². The van der Waals surface area contributed by atoms with Crippen molar-refractivity contribution in [2.75, 3.05) is 85.1 Å². The number of carboxylic acid groups (broad SMARTS) is 3. The summed E-state index contributed by atoms with van der Waals surface area (Å²) < 4.78 is 5.74. The van der Waals surface area contributed by atoms with Crippen LogP contribution in [-0.2, 0) is 28.7 Å². The lowest BCUT2D eigenvalue weighted by atomic mass is 9.95. The molecule has 0 aromatic carbocycles. The maximum Gasteiger partial charge on any atom is 0.317 e. The highest BCUT2D eigenvalue weighted by Crippen LogP contribution is 2.18. The molecule has 1 rings (SSSR count). The van der Waals surface area contributed by atoms with Gasteiger partial charge in [0, 0.05) is 71.3 Å². The van der Waals surface area contributed by atoms with E-state index in [1.165, 1.54) is 0 Å². The van der Waals surface area contributed by atoms with Gasteiger partial charge in [0.15, 0.2) is 0 Å². The molecular weight excluding hydrogens is 574 g/mol. The smallest absolute Gasteiger partial charge is 0.317 e. The topological polar surface area (TPSA) is 194 Å². The number of carboxylic acids is 2. The van der Waals surface area contributed by atoms with E-state index in [-0.39, 0.29) is 43.4 Å². The molecule has 0 unspecified atom stereocenters. The third kappa shape index (κ3) is 25.8. The van der Waals surface area contributed by atoms with E-state index in [0.717, 1.165) is 26.1 Å². The number of carbonyl (C=O) groups excluding carboxylic acids is 2. The number of Topliss-reactive ketones (excluding diaryl/α,β-unsaturated/α-hetero) is 1. The fraction of sp³-hybridized carbons (Fsp3) is 0.833. The molecule has 258 valence electrons. The molecule has 0 aromatic rings. The number of nitrogens with two attached hydrogens (primary N) is 1. The standard InChI is InChI=1S/C16H31N5O5.C13H26O2.CH2O2/c1-2-18-3-5-19(11-14(17)22)7-8-21(13-16(25)26)10-9-20(6-4-18)12-15(23)24;1-10(2)7-8-15-13(5,6)9-12(14)11(3)4;2-1-3/h2-13H2,1H3,(H2,17,22)(H,23,24)(H,25,26);10-11H,7-9H2,1-6H3;1H,(H,2,3). The number of aliphatic carboxylic acids is 2. The van der Waals surface area contributed by atoms with E-state index in [1.54, 1.807) is 4.90 Å². The number of hydrogen-bond acceptors (Lipinski definition) is 10. The minimum absolute atomic E-state index is 0.0632. The van der Waals surface area contributed by atoms with Crippen molar-refractivity contribution in [3.8, 4) is 0 Å². The number of ketones is 1. The first-order chi connectivity index (χ1) is 20.5. The molecule has 1 aliphatic rings. The molecule has 44 heavy (non-hydrogen) atoms. The van der Waals surface area contributed by atoms with Crippen LogP contribution in [-0.4, -0.2) is 156 Å². The molecule has 0 aromatic heterocycles. The van der Waals surface area contributed by atoms with Gasteiger partial charge in [0.2, 0.25) is 5.91 Å². The monoisotopic (exact) mass is 633 g/mol. The number of carbonyl (C=O) groups is 5. The van der Waals surface area contributed by atoms with Gasteiger partial charge in [-0.3, -0.25) is 38.7 Å². The van der Waals surface area contributed by atoms with E-state index in [2.05, 4.69) is 18.7 Å². The number of likely N-dealkylation sites (N-methyl/N-ethyl adjacent to an activating group) is 1. The number of primary amides is 1. The molecule has 1 amide bonds. The van der Waals surface area contributed by atoms with Crippen molar-refractivity contribution < 1.29 is 44.0 Å². The van der Waals surface area contributed by atoms with Gasteiger partial charge in [0.1, 0.15) is 5.78 Å². The molecule has 1 fully saturated rings. The molecule has 0 aliphatic carbocycles. The molecule has 1 saturated heterocycles. The summed E-state index contributed by atoms with van der Waals surface area (Å²) in [5.41, 5.74) is 5.01. The summed E-state index contributed by atoms with van der Waals surface area (Å²) >= 11 is 0. The minimum atomic E-state index is -0.930. The Morgan fingerprint density at radius 1 is 0.795 bits per heavy atom. The molecule has 0 saturated carbocycles. The van der Waals surface area contributed by atoms with Crippen LogP contribution in [0.3, 0.4) is 0 Å². The lowest BCUT2D eigenvalue weighted by Crippen LogP contribution is -2.48. The Hall–Kier alpha value is -2.65. The van der Waals surface area contributed by atoms with Gasteiger partial charge >= 0.3 is 11.9 Å². The fourth-order valence-corrected chi connectivity index (χ4v) is 4.22. The van der Waals surface area contributed by atoms with E-state index in [1.807, 2.05) is 44.4 Å². The molecule has 14 nitrogen and oxygen atoms in total. The molecule has 0 atom stereocenters. The maximum absolute atomic E-state index is 11.6. The van der Waals surface area contributed by atoms with Crippen molar-refractivity contribution in [3.63, 3.8) is 0 Å². The van der Waals surface area contributed by atoms with Crippen molar-refractivity contribution in [2.24, 2.45) is 17.6 Å². The van der Waals surface area contributed by atoms with Gasteiger partial charge in [0.05, 0.1) is 25.2 Å². The average molecular weight is 634 g/mol. The van der Waals surface area contributed by atoms with Crippen molar-refractivity contribution in [1.29, 1.82) is 0 Å². The summed E-state index contributed by atoms with van der Waals surface area (Å²) in [6.45, 7) is 20.2. The first kappa shape index (κ1) is 43.5. The van der Waals surface area contributed by atoms with Crippen molar-refractivity contribution in [3.05, 3.63) is 0 Å². The fourth-order valence-electron chi connectivity index (χ4n) is 4.22. The quantitative estimate of drug-likeness (QED) is 0.198. The second-order valence-electron chi connectivity index (χ2n) is 12.2. The second kappa shape index (κ2) is 24.6. The molecule has 1 aliphatic heterocycles. The van der Waals surface area contributed by atoms with Crippen molar-refractivity contribution in [2.45, 2.75) is 66.9 Å². The van der Waals surface area contributed by atoms with Crippen LogP contribution < -0.4 is 5.73 Å². The predicted molar refractivity (Wildman–Crippen MR) is 169 cm³/mol. The Morgan fingerprint density at radius 2 is 1.16 bits per heavy atom. The largest absolute Gasteiger partial charge is 0.483 e. The third-order valence-electron chi connectivity index (χ3n) is 6.91. The van der Waals surface area contributed by atoms with Crippen LogP contribution in [0.4, 0.5) is 0 Å². The summed E-state index contributed by atoms with van der Waals surface area (Å²) in [4.78, 5) is 61.2. The molecule has 14 heteroatoms. The van der Waals surface area contributed by atoms with E-state index < -0.39 is 17.8 Å². The summed E-state index contributed by atoms with van der Waals surface area (Å²) in [5, 5.41) is 25.1. The zero-order chi connectivity index (χ0) is 34.3. The molecule has 0 radical (unpaired) electrons. The lowest BCUT2D eigenvalue weighted by Gasteiger charge is -2.32. The first-order valence-corrected chi connectivity index (χ1v) is 15.3. The number of rotatable bonds is 14. The summed E-state index contributed by atoms with van der Waals surface area (Å²) in [7, 11) is 0. The van der Waals surface area contributed by atoms with Gasteiger partial charge in [-0.2, -0.15) is 0 Å². The summed E-state index contributed by atoms with van der Waals surface area (Å²) in [6.07, 6.45) is 1.57. The van der Waals surface area contributed by atoms with Gasteiger partial charge in [-0.05, 0) is 32.7 Å². The predicted octanol–water partition coefficient (Wildman–Crippen LogP) is 1.03. The maximum atomic E-state index is 11.6. The van der Waals surface area contributed by atoms with Crippen LogP contribution in [0.15, 0.2) is 0 Å². The highest BCUT2D eigenvalue weighted by molar-refractivity contribution is 5.81. The third-order valence-corrected chi connectivity index (χ3v) is 6.91. The minimum Gasteiger partial charge on any atom is -0.483 e. The average Bonchev–Trinajstić information content (AvgIpc) is 2.88. The van der Waals surface area contributed by atoms with Gasteiger partial charge in [-0.1, -0.05) is 34.6 Å². The number of amides is 1. The zero-order valence-electron chi connectivity index (χ0n) is 28.0. The Morgan fingerprint density at radius 3 is 1.45 bits per heavy atom. The van der Waals surface area contributed by atoms with Crippen molar-refractivity contribution >= 4 is 30.1 Å². The summed E-state index contributed by atoms with van der Waals surface area (Å²) in [5.74, 6) is -1.18. The molecular formula is C30H59N5O9. The molecule has 0 bridgehead atoms. The van der Waals surface area contributed by atoms with E-state index in [4.69, 9.17) is 30.6 Å². The highest BCUT2D eigenvalue weighted by Gasteiger charge is 2.24. The Balaban J connectivity index is 0. The number of ether oxygens (including phenoxy) is 1. The Bertz CT molecular complexity index is 808. The zero-order valence-corrected chi connectivity index (χ0v) is 28.0. The van der Waals surface area contributed by atoms with Crippen LogP contribution in [0.2, 0.25) is 0 Å². The van der Waals surface area contributed by atoms with Gasteiger partial charge in [-0.25, -0.2) is 0 Å². The molecule has 0 spiro atoms. The second-order valence-corrected chi connectivity index (χ2v) is 12.2. The Labute approximate surface area is 263 Å². The number of nitrogens with zero attached hydrogens (tertiary/aromatic N) is 4. The van der Waals surface area contributed by atoms with Crippen molar-refractivity contribution in [1.82, 2.24) is 19.6 Å². The first-order valence-electron chi connectivity index (χ1n) is 15.3. The van der Waals surface area contributed by atoms with Gasteiger partial charge < -0.3 is 30.7 Å². The van der Waals surface area contributed by atoms with Crippen LogP contribution in [0.1, 0.15) is 61.3 Å². The van der Waals surface area contributed by atoms with E-state index in [0.29, 0.717) is 58.2 Å². The van der Waals surface area contributed by atoms with Crippen LogP contribution in [0, 0.1) is 11.8 Å². The lowest BCUT2D eigenvalue weighted by molar-refractivity contribution is -0.140. The van der Waals surface area contributed by atoms with E-state index in [9.17, 15) is 19.2 Å². The highest BCUT2D eigenvalue weighted by atomic mass is 16.5. The summed E-state index contributed by atoms with van der Waals surface area (Å²) in [6, 6.07) is 0. The Kier molecular flexibility index (Phi) is 24.4. The SMILES string of the molecule is CC(C)CCOC(C)(C)CC(=O)C(C)C.CCN1CCN(CC(N)=O)CCN(CC(=O)O)CCN(CC(=O)O)CC1.O=CO. The van der Waals surface area contributed by atoms with Crippen LogP contribution in [0.5, 0.6) is 0 Å². The van der Waals surface area contributed by atoms with Crippen LogP contribution in [0.25, 0.3) is 0 Å². The van der Waals surface area contributed by atoms with Gasteiger partial charge in [-0.15, -0.1) is 0 Å². The van der Waals surface area contributed by atoms with Gasteiger partial charge in [0.25, 0.3) is 6.47 Å². The molecule has 1 heterocycles. The normalized spacial score (nSPS) is 16.5. The molecule has 5 N–H and O–H groups in total. The van der Waals surface area contributed by atoms with Crippen LogP contribution >= 0.6 is 0 Å².